The molecule has 4 heteroatoms. The highest BCUT2D eigenvalue weighted by molar-refractivity contribution is 5.34. The number of nitrogens with zero attached hydrogens (tertiary/aromatic N) is 2. The fourth-order valence-corrected chi connectivity index (χ4v) is 2.85. The number of fused-ring (bicyclic) bond motifs is 1. The summed E-state index contributed by atoms with van der Waals surface area (Å²) < 4.78 is 5.36. The third kappa shape index (κ3) is 2.90. The van der Waals surface area contributed by atoms with Crippen molar-refractivity contribution in [3.8, 4) is 0 Å². The fourth-order valence-electron chi connectivity index (χ4n) is 2.85. The molecule has 1 unspecified atom stereocenters. The van der Waals surface area contributed by atoms with Crippen LogP contribution in [0.3, 0.4) is 0 Å². The van der Waals surface area contributed by atoms with E-state index in [1.807, 2.05) is 6.92 Å². The molecule has 0 radical (unpaired) electrons. The maximum atomic E-state index is 5.74. The van der Waals surface area contributed by atoms with Crippen molar-refractivity contribution >= 4 is 0 Å². The van der Waals surface area contributed by atoms with Crippen LogP contribution in [-0.2, 0) is 19.3 Å². The van der Waals surface area contributed by atoms with Crippen molar-refractivity contribution in [2.24, 2.45) is 5.73 Å². The minimum atomic E-state index is 0.238. The van der Waals surface area contributed by atoms with Crippen molar-refractivity contribution in [1.29, 1.82) is 0 Å². The molecule has 1 aromatic heterocycles. The smallest absolute Gasteiger partial charge is 0.226 e. The van der Waals surface area contributed by atoms with Crippen LogP contribution in [-0.4, -0.2) is 16.2 Å². The van der Waals surface area contributed by atoms with Gasteiger partial charge in [-0.05, 0) is 43.7 Å². The van der Waals surface area contributed by atoms with Crippen LogP contribution >= 0.6 is 0 Å². The van der Waals surface area contributed by atoms with Crippen LogP contribution in [0.1, 0.15) is 48.5 Å². The van der Waals surface area contributed by atoms with E-state index in [4.69, 9.17) is 10.3 Å². The van der Waals surface area contributed by atoms with E-state index < -0.39 is 0 Å². The second-order valence-corrected chi connectivity index (χ2v) is 5.79. The quantitative estimate of drug-likeness (QED) is 0.908. The van der Waals surface area contributed by atoms with Gasteiger partial charge in [-0.15, -0.1) is 0 Å². The van der Waals surface area contributed by atoms with E-state index in [1.165, 1.54) is 11.1 Å². The summed E-state index contributed by atoms with van der Waals surface area (Å²) in [5.74, 6) is 1.98. The van der Waals surface area contributed by atoms with Crippen molar-refractivity contribution in [2.75, 3.05) is 0 Å². The predicted octanol–water partition coefficient (Wildman–Crippen LogP) is 2.62. The average Bonchev–Trinajstić information content (AvgIpc) is 3.03. The summed E-state index contributed by atoms with van der Waals surface area (Å²) >= 11 is 0. The van der Waals surface area contributed by atoms with Gasteiger partial charge in [0.2, 0.25) is 5.89 Å². The first-order valence-corrected chi connectivity index (χ1v) is 7.37. The van der Waals surface area contributed by atoms with E-state index in [0.29, 0.717) is 5.92 Å². The summed E-state index contributed by atoms with van der Waals surface area (Å²) in [4.78, 5) is 4.55. The average molecular weight is 271 g/mol. The number of nitrogens with two attached hydrogens (primary N) is 1. The van der Waals surface area contributed by atoms with Gasteiger partial charge in [-0.1, -0.05) is 29.4 Å². The summed E-state index contributed by atoms with van der Waals surface area (Å²) in [5.41, 5.74) is 8.58. The third-order valence-electron chi connectivity index (χ3n) is 3.95. The molecule has 2 N–H and O–H groups in total. The van der Waals surface area contributed by atoms with Gasteiger partial charge in [0.25, 0.3) is 0 Å². The molecular formula is C16H21N3O. The predicted molar refractivity (Wildman–Crippen MR) is 77.5 cm³/mol. The molecule has 0 fully saturated rings. The van der Waals surface area contributed by atoms with Crippen LogP contribution in [0.5, 0.6) is 0 Å². The Bertz CT molecular complexity index is 552. The van der Waals surface area contributed by atoms with Gasteiger partial charge in [0.05, 0.1) is 0 Å². The zero-order chi connectivity index (χ0) is 13.9. The molecule has 3 rings (SSSR count). The number of hydrogen-bond acceptors (Lipinski definition) is 4. The number of aryl methyl sites for hydroxylation is 1. The maximum absolute atomic E-state index is 5.74. The molecule has 1 heterocycles. The highest BCUT2D eigenvalue weighted by Gasteiger charge is 2.26. The maximum Gasteiger partial charge on any atom is 0.226 e. The molecule has 1 aliphatic carbocycles. The molecule has 0 bridgehead atoms. The minimum Gasteiger partial charge on any atom is -0.339 e. The van der Waals surface area contributed by atoms with E-state index in [9.17, 15) is 0 Å². The zero-order valence-electron chi connectivity index (χ0n) is 11.9. The normalized spacial score (nSPS) is 16.3. The topological polar surface area (TPSA) is 64.9 Å². The lowest BCUT2D eigenvalue weighted by Crippen LogP contribution is -2.14. The Hall–Kier alpha value is -1.68. The molecule has 0 aliphatic heterocycles. The standard InChI is InChI=1S/C16H21N3O/c1-11(17)5-4-8-15-18-16(19-20-15)14-9-12-6-2-3-7-13(12)10-14/h2-3,6-7,11,14H,4-5,8-10,17H2,1H3. The van der Waals surface area contributed by atoms with Gasteiger partial charge in [0.15, 0.2) is 5.82 Å². The SMILES string of the molecule is CC(N)CCCc1nc(C2Cc3ccccc3C2)no1. The lowest BCUT2D eigenvalue weighted by molar-refractivity contribution is 0.365. The lowest BCUT2D eigenvalue weighted by atomic mass is 10.1. The van der Waals surface area contributed by atoms with Gasteiger partial charge in [-0.2, -0.15) is 4.98 Å². The number of rotatable bonds is 5. The van der Waals surface area contributed by atoms with Crippen molar-refractivity contribution in [3.63, 3.8) is 0 Å². The lowest BCUT2D eigenvalue weighted by Gasteiger charge is -2.01. The Balaban J connectivity index is 1.61. The first-order valence-electron chi connectivity index (χ1n) is 7.37. The van der Waals surface area contributed by atoms with Gasteiger partial charge in [-0.25, -0.2) is 0 Å². The van der Waals surface area contributed by atoms with E-state index >= 15 is 0 Å². The number of benzene rings is 1. The van der Waals surface area contributed by atoms with Gasteiger partial charge in [0.1, 0.15) is 0 Å². The van der Waals surface area contributed by atoms with Gasteiger partial charge in [0, 0.05) is 18.4 Å². The summed E-state index contributed by atoms with van der Waals surface area (Å²) in [6.45, 7) is 2.02. The first-order chi connectivity index (χ1) is 9.72. The van der Waals surface area contributed by atoms with E-state index in [1.54, 1.807) is 0 Å². The molecule has 20 heavy (non-hydrogen) atoms. The van der Waals surface area contributed by atoms with Crippen LogP contribution in [0.2, 0.25) is 0 Å². The Morgan fingerprint density at radius 3 is 2.65 bits per heavy atom. The summed E-state index contributed by atoms with van der Waals surface area (Å²) in [6.07, 6.45) is 4.87. The Morgan fingerprint density at radius 1 is 1.30 bits per heavy atom. The van der Waals surface area contributed by atoms with E-state index in [2.05, 4.69) is 34.4 Å². The van der Waals surface area contributed by atoms with Crippen LogP contribution in [0, 0.1) is 0 Å². The number of hydrogen-bond donors (Lipinski definition) is 1. The van der Waals surface area contributed by atoms with E-state index in [0.717, 1.165) is 43.8 Å². The fraction of sp³-hybridized carbons (Fsp3) is 0.500. The van der Waals surface area contributed by atoms with Crippen LogP contribution in [0.15, 0.2) is 28.8 Å². The molecule has 106 valence electrons. The molecule has 2 aromatic rings. The largest absolute Gasteiger partial charge is 0.339 e. The highest BCUT2D eigenvalue weighted by Crippen LogP contribution is 2.32. The molecule has 0 amide bonds. The van der Waals surface area contributed by atoms with Crippen molar-refractivity contribution in [1.82, 2.24) is 10.1 Å². The summed E-state index contributed by atoms with van der Waals surface area (Å²) in [6, 6.07) is 8.81. The first kappa shape index (κ1) is 13.3. The summed E-state index contributed by atoms with van der Waals surface area (Å²) in [7, 11) is 0. The van der Waals surface area contributed by atoms with Crippen LogP contribution in [0.25, 0.3) is 0 Å². The number of aromatic nitrogens is 2. The summed E-state index contributed by atoms with van der Waals surface area (Å²) in [5, 5.41) is 4.16. The van der Waals surface area contributed by atoms with E-state index in [-0.39, 0.29) is 6.04 Å². The van der Waals surface area contributed by atoms with Gasteiger partial charge >= 0.3 is 0 Å². The molecule has 1 aliphatic rings. The monoisotopic (exact) mass is 271 g/mol. The molecule has 1 aromatic carbocycles. The Kier molecular flexibility index (Phi) is 3.83. The van der Waals surface area contributed by atoms with Gasteiger partial charge in [-0.3, -0.25) is 0 Å². The van der Waals surface area contributed by atoms with Crippen molar-refractivity contribution in [2.45, 2.75) is 51.0 Å². The Morgan fingerprint density at radius 2 is 2.00 bits per heavy atom. The molecular weight excluding hydrogens is 250 g/mol. The molecule has 0 spiro atoms. The second-order valence-electron chi connectivity index (χ2n) is 5.79. The van der Waals surface area contributed by atoms with Crippen LogP contribution < -0.4 is 5.73 Å². The Labute approximate surface area is 119 Å². The molecule has 0 saturated carbocycles. The van der Waals surface area contributed by atoms with Crippen LogP contribution in [0.4, 0.5) is 0 Å². The molecule has 1 atom stereocenters. The zero-order valence-corrected chi connectivity index (χ0v) is 11.9. The molecule has 0 saturated heterocycles. The van der Waals surface area contributed by atoms with Crippen molar-refractivity contribution in [3.05, 3.63) is 47.1 Å². The highest BCUT2D eigenvalue weighted by atomic mass is 16.5. The third-order valence-corrected chi connectivity index (χ3v) is 3.95. The molecule has 4 nitrogen and oxygen atoms in total. The minimum absolute atomic E-state index is 0.238. The second kappa shape index (κ2) is 5.75. The van der Waals surface area contributed by atoms with Gasteiger partial charge < -0.3 is 10.3 Å². The van der Waals surface area contributed by atoms with Crippen molar-refractivity contribution < 1.29 is 4.52 Å².